The van der Waals surface area contributed by atoms with Crippen LogP contribution in [0.4, 0.5) is 0 Å². The molecule has 1 unspecified atom stereocenters. The van der Waals surface area contributed by atoms with Crippen molar-refractivity contribution in [2.24, 2.45) is 0 Å². The molecule has 1 heterocycles. The van der Waals surface area contributed by atoms with E-state index in [1.54, 1.807) is 44.2 Å². The van der Waals surface area contributed by atoms with Gasteiger partial charge in [-0.05, 0) is 37.3 Å². The lowest BCUT2D eigenvalue weighted by Gasteiger charge is -2.30. The number of Topliss-reactive ketones (excluding diaryl/α,β-unsaturated/α-hetero) is 1. The average molecular weight is 354 g/mol. The number of hydrogen-bond acceptors (Lipinski definition) is 3. The van der Waals surface area contributed by atoms with Crippen LogP contribution >= 0.6 is 0 Å². The molecule has 26 heavy (non-hydrogen) atoms. The summed E-state index contributed by atoms with van der Waals surface area (Å²) in [4.78, 5) is 40.2. The molecule has 0 saturated heterocycles. The minimum absolute atomic E-state index is 0.0297. The second-order valence-corrected chi connectivity index (χ2v) is 6.64. The molecular formula is C20H22N2O4. The number of nitrogens with one attached hydrogen (secondary N) is 2. The first-order valence-electron chi connectivity index (χ1n) is 8.76. The predicted molar refractivity (Wildman–Crippen MR) is 96.3 cm³/mol. The Morgan fingerprint density at radius 1 is 1.23 bits per heavy atom. The molecule has 1 aliphatic rings. The van der Waals surface area contributed by atoms with Crippen LogP contribution in [0.15, 0.2) is 30.3 Å². The van der Waals surface area contributed by atoms with Gasteiger partial charge < -0.3 is 15.4 Å². The van der Waals surface area contributed by atoms with E-state index in [0.29, 0.717) is 29.5 Å². The van der Waals surface area contributed by atoms with Gasteiger partial charge in [0.1, 0.15) is 5.69 Å². The second kappa shape index (κ2) is 6.78. The van der Waals surface area contributed by atoms with E-state index in [4.69, 9.17) is 0 Å². The summed E-state index contributed by atoms with van der Waals surface area (Å²) >= 11 is 0. The minimum atomic E-state index is -1.53. The number of rotatable bonds is 5. The SMILES string of the molecule is CCC(NC(=O)c1[nH]c2c(c1C)C(=O)CCC2)(C(=O)O)c1ccccc1. The highest BCUT2D eigenvalue weighted by molar-refractivity contribution is 6.05. The number of ketones is 1. The zero-order valence-corrected chi connectivity index (χ0v) is 14.9. The van der Waals surface area contributed by atoms with Crippen molar-refractivity contribution in [2.75, 3.05) is 0 Å². The van der Waals surface area contributed by atoms with Crippen LogP contribution in [-0.2, 0) is 16.8 Å². The minimum Gasteiger partial charge on any atom is -0.479 e. The van der Waals surface area contributed by atoms with Crippen LogP contribution in [0.2, 0.25) is 0 Å². The Kier molecular flexibility index (Phi) is 4.68. The van der Waals surface area contributed by atoms with Gasteiger partial charge in [-0.15, -0.1) is 0 Å². The monoisotopic (exact) mass is 354 g/mol. The molecule has 1 amide bonds. The molecule has 136 valence electrons. The quantitative estimate of drug-likeness (QED) is 0.768. The van der Waals surface area contributed by atoms with Crippen molar-refractivity contribution in [3.05, 3.63) is 58.4 Å². The number of aromatic amines is 1. The molecule has 0 saturated carbocycles. The fourth-order valence-corrected chi connectivity index (χ4v) is 3.67. The first kappa shape index (κ1) is 17.9. The van der Waals surface area contributed by atoms with Crippen molar-refractivity contribution in [2.45, 2.75) is 45.1 Å². The largest absolute Gasteiger partial charge is 0.479 e. The Bertz CT molecular complexity index is 869. The number of H-pyrrole nitrogens is 1. The van der Waals surface area contributed by atoms with Crippen LogP contribution in [0.5, 0.6) is 0 Å². The maximum absolute atomic E-state index is 12.9. The number of aliphatic carboxylic acids is 1. The molecule has 1 aliphatic carbocycles. The maximum Gasteiger partial charge on any atom is 0.334 e. The van der Waals surface area contributed by atoms with Crippen molar-refractivity contribution in [1.29, 1.82) is 0 Å². The van der Waals surface area contributed by atoms with Gasteiger partial charge in [0.2, 0.25) is 0 Å². The van der Waals surface area contributed by atoms with Gasteiger partial charge in [-0.25, -0.2) is 4.79 Å². The normalized spacial score (nSPS) is 15.8. The van der Waals surface area contributed by atoms with E-state index >= 15 is 0 Å². The molecule has 3 rings (SSSR count). The summed E-state index contributed by atoms with van der Waals surface area (Å²) in [6.07, 6.45) is 2.14. The molecule has 0 bridgehead atoms. The summed E-state index contributed by atoms with van der Waals surface area (Å²) in [7, 11) is 0. The zero-order chi connectivity index (χ0) is 18.9. The van der Waals surface area contributed by atoms with Crippen molar-refractivity contribution in [1.82, 2.24) is 10.3 Å². The van der Waals surface area contributed by atoms with E-state index in [0.717, 1.165) is 12.1 Å². The van der Waals surface area contributed by atoms with E-state index in [-0.39, 0.29) is 17.9 Å². The molecular weight excluding hydrogens is 332 g/mol. The molecule has 2 aromatic rings. The summed E-state index contributed by atoms with van der Waals surface area (Å²) in [5, 5.41) is 12.6. The predicted octanol–water partition coefficient (Wildman–Crippen LogP) is 2.96. The number of carboxylic acid groups (broad SMARTS) is 1. The lowest BCUT2D eigenvalue weighted by Crippen LogP contribution is -2.51. The number of carboxylic acids is 1. The van der Waals surface area contributed by atoms with Crippen LogP contribution in [-0.4, -0.2) is 27.8 Å². The number of aryl methyl sites for hydroxylation is 1. The molecule has 6 nitrogen and oxygen atoms in total. The third-order valence-electron chi connectivity index (χ3n) is 5.15. The number of aromatic nitrogens is 1. The fraction of sp³-hybridized carbons (Fsp3) is 0.350. The van der Waals surface area contributed by atoms with Crippen molar-refractivity contribution < 1.29 is 19.5 Å². The summed E-state index contributed by atoms with van der Waals surface area (Å²) in [6, 6.07) is 8.66. The Balaban J connectivity index is 2.00. The molecule has 0 aliphatic heterocycles. The summed E-state index contributed by atoms with van der Waals surface area (Å²) in [5.41, 5.74) is 1.18. The molecule has 0 radical (unpaired) electrons. The van der Waals surface area contributed by atoms with Crippen molar-refractivity contribution in [3.63, 3.8) is 0 Å². The summed E-state index contributed by atoms with van der Waals surface area (Å²) < 4.78 is 0. The maximum atomic E-state index is 12.9. The van der Waals surface area contributed by atoms with E-state index in [9.17, 15) is 19.5 Å². The standard InChI is InChI=1S/C20H22N2O4/c1-3-20(19(25)26,13-8-5-4-6-9-13)22-18(24)17-12(2)16-14(21-17)10-7-11-15(16)23/h4-6,8-9,21H,3,7,10-11H2,1-2H3,(H,22,24)(H,25,26). The summed E-state index contributed by atoms with van der Waals surface area (Å²) in [6.45, 7) is 3.45. The van der Waals surface area contributed by atoms with Gasteiger partial charge in [-0.3, -0.25) is 9.59 Å². The van der Waals surface area contributed by atoms with Crippen molar-refractivity contribution in [3.8, 4) is 0 Å². The Morgan fingerprint density at radius 3 is 2.50 bits per heavy atom. The molecule has 3 N–H and O–H groups in total. The van der Waals surface area contributed by atoms with E-state index in [1.165, 1.54) is 0 Å². The molecule has 0 spiro atoms. The highest BCUT2D eigenvalue weighted by Crippen LogP contribution is 2.29. The molecule has 0 fully saturated rings. The fourth-order valence-electron chi connectivity index (χ4n) is 3.67. The molecule has 1 atom stereocenters. The molecule has 6 heteroatoms. The Hall–Kier alpha value is -2.89. The zero-order valence-electron chi connectivity index (χ0n) is 14.9. The highest BCUT2D eigenvalue weighted by Gasteiger charge is 2.41. The average Bonchev–Trinajstić information content (AvgIpc) is 2.98. The number of amides is 1. The first-order chi connectivity index (χ1) is 12.4. The number of fused-ring (bicyclic) bond motifs is 1. The van der Waals surface area contributed by atoms with Crippen molar-refractivity contribution >= 4 is 17.7 Å². The van der Waals surface area contributed by atoms with Gasteiger partial charge in [0, 0.05) is 17.7 Å². The third-order valence-corrected chi connectivity index (χ3v) is 5.15. The van der Waals surface area contributed by atoms with Crippen LogP contribution in [0, 0.1) is 6.92 Å². The van der Waals surface area contributed by atoms with Crippen LogP contribution in [0.3, 0.4) is 0 Å². The van der Waals surface area contributed by atoms with Crippen LogP contribution in [0.1, 0.15) is 63.9 Å². The van der Waals surface area contributed by atoms with Gasteiger partial charge in [0.15, 0.2) is 11.3 Å². The first-order valence-corrected chi connectivity index (χ1v) is 8.76. The van der Waals surface area contributed by atoms with Crippen LogP contribution in [0.25, 0.3) is 0 Å². The highest BCUT2D eigenvalue weighted by atomic mass is 16.4. The number of carbonyl (C=O) groups is 3. The smallest absolute Gasteiger partial charge is 0.334 e. The molecule has 1 aromatic carbocycles. The number of carbonyl (C=O) groups excluding carboxylic acids is 2. The Morgan fingerprint density at radius 2 is 1.92 bits per heavy atom. The van der Waals surface area contributed by atoms with E-state index in [2.05, 4.69) is 10.3 Å². The van der Waals surface area contributed by atoms with Gasteiger partial charge in [-0.1, -0.05) is 37.3 Å². The van der Waals surface area contributed by atoms with E-state index in [1.807, 2.05) is 0 Å². The Labute approximate surface area is 151 Å². The topological polar surface area (TPSA) is 99.3 Å². The van der Waals surface area contributed by atoms with Gasteiger partial charge >= 0.3 is 5.97 Å². The lowest BCUT2D eigenvalue weighted by molar-refractivity contribution is -0.145. The lowest BCUT2D eigenvalue weighted by atomic mass is 9.87. The van der Waals surface area contributed by atoms with Gasteiger partial charge in [-0.2, -0.15) is 0 Å². The number of benzene rings is 1. The van der Waals surface area contributed by atoms with E-state index < -0.39 is 17.4 Å². The second-order valence-electron chi connectivity index (χ2n) is 6.64. The van der Waals surface area contributed by atoms with Gasteiger partial charge in [0.25, 0.3) is 5.91 Å². The third kappa shape index (κ3) is 2.81. The van der Waals surface area contributed by atoms with Gasteiger partial charge in [0.05, 0.1) is 0 Å². The molecule has 1 aromatic heterocycles. The van der Waals surface area contributed by atoms with Crippen LogP contribution < -0.4 is 5.32 Å². The summed E-state index contributed by atoms with van der Waals surface area (Å²) in [5.74, 6) is -1.61. The number of hydrogen-bond donors (Lipinski definition) is 3.